The van der Waals surface area contributed by atoms with E-state index in [0.717, 1.165) is 24.3 Å². The fraction of sp³-hybridized carbons (Fsp3) is 0.167. The Morgan fingerprint density at radius 3 is 2.48 bits per heavy atom. The summed E-state index contributed by atoms with van der Waals surface area (Å²) in [5.41, 5.74) is -1.22. The zero-order valence-corrected chi connectivity index (χ0v) is 16.3. The van der Waals surface area contributed by atoms with E-state index in [1.165, 1.54) is 18.2 Å². The van der Waals surface area contributed by atoms with Gasteiger partial charge in [-0.2, -0.15) is 17.5 Å². The van der Waals surface area contributed by atoms with Crippen molar-refractivity contribution >= 4 is 33.2 Å². The van der Waals surface area contributed by atoms with E-state index >= 15 is 0 Å². The van der Waals surface area contributed by atoms with Crippen molar-refractivity contribution < 1.29 is 30.8 Å². The van der Waals surface area contributed by atoms with Gasteiger partial charge in [0.1, 0.15) is 5.82 Å². The number of nitrogens with zero attached hydrogens (tertiary/aromatic N) is 1. The van der Waals surface area contributed by atoms with E-state index in [4.69, 9.17) is 11.6 Å². The lowest BCUT2D eigenvalue weighted by molar-refractivity contribution is -0.137. The van der Waals surface area contributed by atoms with Crippen molar-refractivity contribution in [2.75, 3.05) is 18.4 Å². The molecule has 1 amide bonds. The van der Waals surface area contributed by atoms with Crippen molar-refractivity contribution in [2.24, 2.45) is 0 Å². The molecule has 0 heterocycles. The number of benzene rings is 2. The highest BCUT2D eigenvalue weighted by Crippen LogP contribution is 2.36. The zero-order chi connectivity index (χ0) is 21.8. The van der Waals surface area contributed by atoms with Gasteiger partial charge in [0.25, 0.3) is 0 Å². The average molecular weight is 451 g/mol. The van der Waals surface area contributed by atoms with Gasteiger partial charge in [-0.05, 0) is 36.4 Å². The minimum Gasteiger partial charge on any atom is -0.325 e. The van der Waals surface area contributed by atoms with Gasteiger partial charge in [-0.15, -0.1) is 6.58 Å². The molecule has 2 rings (SSSR count). The quantitative estimate of drug-likeness (QED) is 0.505. The molecule has 0 aromatic heterocycles. The molecule has 0 unspecified atom stereocenters. The Balaban J connectivity index is 2.31. The molecule has 2 aromatic rings. The number of nitrogens with one attached hydrogen (secondary N) is 1. The molecule has 0 spiro atoms. The molecule has 11 heteroatoms. The number of sulfonamides is 1. The summed E-state index contributed by atoms with van der Waals surface area (Å²) in [6.45, 7) is 2.32. The number of halogens is 5. The summed E-state index contributed by atoms with van der Waals surface area (Å²) in [5.74, 6) is -1.43. The number of hydrogen-bond donors (Lipinski definition) is 1. The third-order valence-corrected chi connectivity index (χ3v) is 5.78. The Labute approximate surface area is 169 Å². The molecule has 2 aromatic carbocycles. The van der Waals surface area contributed by atoms with E-state index in [9.17, 15) is 30.8 Å². The van der Waals surface area contributed by atoms with Crippen LogP contribution in [-0.2, 0) is 21.0 Å². The van der Waals surface area contributed by atoms with Crippen LogP contribution in [0.1, 0.15) is 5.56 Å². The van der Waals surface area contributed by atoms with Crippen molar-refractivity contribution in [3.63, 3.8) is 0 Å². The van der Waals surface area contributed by atoms with Gasteiger partial charge in [0.05, 0.1) is 22.0 Å². The van der Waals surface area contributed by atoms with E-state index < -0.39 is 50.0 Å². The van der Waals surface area contributed by atoms with Gasteiger partial charge in [0, 0.05) is 12.2 Å². The normalized spacial score (nSPS) is 12.1. The summed E-state index contributed by atoms with van der Waals surface area (Å²) in [6.07, 6.45) is -3.69. The second kappa shape index (κ2) is 8.93. The van der Waals surface area contributed by atoms with Crippen LogP contribution in [0.3, 0.4) is 0 Å². The molecule has 0 aliphatic carbocycles. The highest BCUT2D eigenvalue weighted by Gasteiger charge is 2.35. The smallest absolute Gasteiger partial charge is 0.325 e. The molecule has 5 nitrogen and oxygen atoms in total. The van der Waals surface area contributed by atoms with Gasteiger partial charge in [-0.25, -0.2) is 12.8 Å². The maximum atomic E-state index is 13.2. The van der Waals surface area contributed by atoms with Crippen LogP contribution >= 0.6 is 11.6 Å². The van der Waals surface area contributed by atoms with Crippen molar-refractivity contribution in [2.45, 2.75) is 11.1 Å². The van der Waals surface area contributed by atoms with E-state index in [-0.39, 0.29) is 12.2 Å². The third-order valence-electron chi connectivity index (χ3n) is 3.64. The van der Waals surface area contributed by atoms with Crippen LogP contribution in [-0.4, -0.2) is 31.7 Å². The van der Waals surface area contributed by atoms with E-state index in [1.54, 1.807) is 0 Å². The second-order valence-corrected chi connectivity index (χ2v) is 8.13. The first-order valence-electron chi connectivity index (χ1n) is 7.98. The summed E-state index contributed by atoms with van der Waals surface area (Å²) in [7, 11) is -4.49. The predicted octanol–water partition coefficient (Wildman–Crippen LogP) is 4.31. The average Bonchev–Trinajstić information content (AvgIpc) is 2.60. The Hall–Kier alpha value is -2.43. The maximum Gasteiger partial charge on any atom is 0.417 e. The molecule has 0 saturated heterocycles. The fourth-order valence-electron chi connectivity index (χ4n) is 2.35. The largest absolute Gasteiger partial charge is 0.417 e. The molecule has 0 fully saturated rings. The highest BCUT2D eigenvalue weighted by atomic mass is 35.5. The summed E-state index contributed by atoms with van der Waals surface area (Å²) < 4.78 is 78.5. The molecule has 156 valence electrons. The van der Waals surface area contributed by atoms with Gasteiger partial charge in [-0.3, -0.25) is 4.79 Å². The van der Waals surface area contributed by atoms with Gasteiger partial charge < -0.3 is 5.32 Å². The third kappa shape index (κ3) is 5.78. The van der Waals surface area contributed by atoms with Gasteiger partial charge >= 0.3 is 6.18 Å². The number of anilines is 1. The first-order valence-corrected chi connectivity index (χ1v) is 9.80. The minimum atomic E-state index is -4.86. The molecule has 0 radical (unpaired) electrons. The Kier molecular flexibility index (Phi) is 7.04. The minimum absolute atomic E-state index is 0.0943. The van der Waals surface area contributed by atoms with Gasteiger partial charge in [0.15, 0.2) is 0 Å². The van der Waals surface area contributed by atoms with Crippen LogP contribution in [0.5, 0.6) is 0 Å². The zero-order valence-electron chi connectivity index (χ0n) is 14.7. The molecule has 1 N–H and O–H groups in total. The summed E-state index contributed by atoms with van der Waals surface area (Å²) in [6, 6.07) is 7.04. The number of hydrogen-bond acceptors (Lipinski definition) is 3. The Morgan fingerprint density at radius 1 is 1.21 bits per heavy atom. The van der Waals surface area contributed by atoms with Crippen LogP contribution in [0.25, 0.3) is 0 Å². The first-order chi connectivity index (χ1) is 13.4. The Bertz CT molecular complexity index is 1030. The second-order valence-electron chi connectivity index (χ2n) is 5.78. The van der Waals surface area contributed by atoms with Crippen LogP contribution < -0.4 is 5.32 Å². The number of rotatable bonds is 7. The standard InChI is InChI=1S/C18H15ClF4N2O3S/c1-2-8-25(11-17(26)24-13-5-3-4-12(20)9-13)29(27,28)14-6-7-16(19)15(10-14)18(21,22)23/h2-7,9-10H,1,8,11H2,(H,24,26). The molecular weight excluding hydrogens is 436 g/mol. The van der Waals surface area contributed by atoms with Crippen molar-refractivity contribution in [1.29, 1.82) is 0 Å². The number of amides is 1. The van der Waals surface area contributed by atoms with Crippen molar-refractivity contribution in [3.8, 4) is 0 Å². The molecule has 0 aliphatic heterocycles. The Morgan fingerprint density at radius 2 is 1.90 bits per heavy atom. The maximum absolute atomic E-state index is 13.2. The summed E-state index contributed by atoms with van der Waals surface area (Å²) in [4.78, 5) is 11.5. The van der Waals surface area contributed by atoms with Gasteiger partial charge in [-0.1, -0.05) is 23.7 Å². The number of alkyl halides is 3. The van der Waals surface area contributed by atoms with Gasteiger partial charge in [0.2, 0.25) is 15.9 Å². The molecule has 29 heavy (non-hydrogen) atoms. The predicted molar refractivity (Wildman–Crippen MR) is 100 cm³/mol. The van der Waals surface area contributed by atoms with E-state index in [1.807, 2.05) is 0 Å². The summed E-state index contributed by atoms with van der Waals surface area (Å²) >= 11 is 5.52. The van der Waals surface area contributed by atoms with Crippen LogP contribution in [0.15, 0.2) is 60.0 Å². The fourth-order valence-corrected chi connectivity index (χ4v) is 3.97. The summed E-state index contributed by atoms with van der Waals surface area (Å²) in [5, 5.41) is 1.66. The van der Waals surface area contributed by atoms with Crippen molar-refractivity contribution in [3.05, 3.63) is 71.5 Å². The SMILES string of the molecule is C=CCN(CC(=O)Nc1cccc(F)c1)S(=O)(=O)c1ccc(Cl)c(C(F)(F)F)c1. The van der Waals surface area contributed by atoms with Crippen LogP contribution in [0, 0.1) is 5.82 Å². The van der Waals surface area contributed by atoms with Crippen LogP contribution in [0.4, 0.5) is 23.2 Å². The molecule has 0 atom stereocenters. The molecular formula is C18H15ClF4N2O3S. The van der Waals surface area contributed by atoms with Crippen molar-refractivity contribution in [1.82, 2.24) is 4.31 Å². The number of carbonyl (C=O) groups is 1. The molecule has 0 saturated carbocycles. The topological polar surface area (TPSA) is 66.5 Å². The lowest BCUT2D eigenvalue weighted by Gasteiger charge is -2.21. The highest BCUT2D eigenvalue weighted by molar-refractivity contribution is 7.89. The molecule has 0 bridgehead atoms. The van der Waals surface area contributed by atoms with E-state index in [0.29, 0.717) is 10.4 Å². The van der Waals surface area contributed by atoms with Crippen LogP contribution in [0.2, 0.25) is 5.02 Å². The monoisotopic (exact) mass is 450 g/mol. The number of carbonyl (C=O) groups excluding carboxylic acids is 1. The lowest BCUT2D eigenvalue weighted by atomic mass is 10.2. The first kappa shape index (κ1) is 22.9. The van der Waals surface area contributed by atoms with E-state index in [2.05, 4.69) is 11.9 Å². The molecule has 0 aliphatic rings. The lowest BCUT2D eigenvalue weighted by Crippen LogP contribution is -2.38.